The quantitative estimate of drug-likeness (QED) is 0.679. The van der Waals surface area contributed by atoms with Crippen molar-refractivity contribution in [1.29, 1.82) is 0 Å². The number of sulfone groups is 1. The van der Waals surface area contributed by atoms with E-state index < -0.39 is 37.7 Å². The Kier molecular flexibility index (Phi) is 5.13. The van der Waals surface area contributed by atoms with Crippen molar-refractivity contribution < 1.29 is 31.2 Å². The van der Waals surface area contributed by atoms with Crippen LogP contribution < -0.4 is 4.90 Å². The second-order valence-corrected chi connectivity index (χ2v) is 9.25. The number of anilines is 1. The smallest absolute Gasteiger partial charge is 0.305 e. The van der Waals surface area contributed by atoms with Gasteiger partial charge in [0.25, 0.3) is 15.7 Å². The Labute approximate surface area is 171 Å². The Morgan fingerprint density at radius 2 is 1.67 bits per heavy atom. The highest BCUT2D eigenvalue weighted by Crippen LogP contribution is 2.35. The van der Waals surface area contributed by atoms with Crippen LogP contribution >= 0.6 is 0 Å². The first-order chi connectivity index (χ1) is 13.8. The van der Waals surface area contributed by atoms with Crippen molar-refractivity contribution in [1.82, 2.24) is 9.88 Å². The van der Waals surface area contributed by atoms with E-state index >= 15 is 0 Å². The van der Waals surface area contributed by atoms with Crippen LogP contribution in [0.1, 0.15) is 25.0 Å². The zero-order chi connectivity index (χ0) is 22.5. The van der Waals surface area contributed by atoms with Crippen LogP contribution in [-0.4, -0.2) is 41.3 Å². The van der Waals surface area contributed by atoms with E-state index in [2.05, 4.69) is 4.98 Å². The number of hydrogen-bond donors (Lipinski definition) is 0. The number of halogens is 3. The normalized spacial score (nSPS) is 17.0. The lowest BCUT2D eigenvalue weighted by molar-refractivity contribution is -0.123. The maximum absolute atomic E-state index is 13.0. The SMILES string of the molecule is Cc1cnccc1CN1C(=O)N(c2ccc(S(=O)(=O)C(F)(F)F)cc2)C(=O)C1(C)C. The number of nitrogens with zero attached hydrogens (tertiary/aromatic N) is 3. The third-order valence-corrected chi connectivity index (χ3v) is 6.50. The van der Waals surface area contributed by atoms with Gasteiger partial charge in [0.2, 0.25) is 0 Å². The molecule has 0 N–H and O–H groups in total. The first-order valence-corrected chi connectivity index (χ1v) is 10.2. The highest BCUT2D eigenvalue weighted by atomic mass is 32.2. The molecule has 1 saturated heterocycles. The molecule has 0 radical (unpaired) electrons. The van der Waals surface area contributed by atoms with Gasteiger partial charge < -0.3 is 4.90 Å². The first-order valence-electron chi connectivity index (χ1n) is 8.75. The molecule has 0 unspecified atom stereocenters. The van der Waals surface area contributed by atoms with E-state index in [1.165, 1.54) is 4.90 Å². The molecule has 30 heavy (non-hydrogen) atoms. The molecular weight excluding hydrogens is 423 g/mol. The second kappa shape index (κ2) is 7.08. The number of urea groups is 1. The van der Waals surface area contributed by atoms with Crippen molar-refractivity contribution in [2.75, 3.05) is 4.90 Å². The molecule has 160 valence electrons. The van der Waals surface area contributed by atoms with Crippen molar-refractivity contribution in [2.45, 2.75) is 43.3 Å². The first kappa shape index (κ1) is 21.8. The van der Waals surface area contributed by atoms with Gasteiger partial charge in [-0.3, -0.25) is 9.78 Å². The summed E-state index contributed by atoms with van der Waals surface area (Å²) in [5.74, 6) is -0.578. The van der Waals surface area contributed by atoms with Crippen LogP contribution in [-0.2, 0) is 21.2 Å². The highest BCUT2D eigenvalue weighted by Gasteiger charge is 2.52. The molecule has 2 aromatic rings. The van der Waals surface area contributed by atoms with Gasteiger partial charge in [0.05, 0.1) is 10.6 Å². The van der Waals surface area contributed by atoms with Gasteiger partial charge in [-0.05, 0) is 62.2 Å². The van der Waals surface area contributed by atoms with E-state index in [4.69, 9.17) is 0 Å². The van der Waals surface area contributed by atoms with Gasteiger partial charge in [0.15, 0.2) is 0 Å². The van der Waals surface area contributed by atoms with Gasteiger partial charge in [0, 0.05) is 18.9 Å². The standard InChI is InChI=1S/C19H18F3N3O4S/c1-12-10-23-9-8-13(12)11-24-17(27)25(16(26)18(24,2)3)14-4-6-15(7-5-14)30(28,29)19(20,21)22/h4-10H,11H2,1-3H3. The number of aromatic nitrogens is 1. The second-order valence-electron chi connectivity index (χ2n) is 7.31. The number of aryl methyl sites for hydroxylation is 1. The summed E-state index contributed by atoms with van der Waals surface area (Å²) in [4.78, 5) is 31.1. The summed E-state index contributed by atoms with van der Waals surface area (Å²) < 4.78 is 61.2. The van der Waals surface area contributed by atoms with Gasteiger partial charge in [-0.25, -0.2) is 18.1 Å². The van der Waals surface area contributed by atoms with Gasteiger partial charge in [0.1, 0.15) is 5.54 Å². The summed E-state index contributed by atoms with van der Waals surface area (Å²) in [6, 6.07) is 4.52. The summed E-state index contributed by atoms with van der Waals surface area (Å²) in [7, 11) is -5.53. The number of pyridine rings is 1. The number of rotatable bonds is 4. The number of hydrogen-bond acceptors (Lipinski definition) is 5. The number of imide groups is 1. The van der Waals surface area contributed by atoms with E-state index in [-0.39, 0.29) is 12.2 Å². The predicted molar refractivity (Wildman–Crippen MR) is 101 cm³/mol. The third kappa shape index (κ3) is 3.42. The van der Waals surface area contributed by atoms with Gasteiger partial charge in [-0.15, -0.1) is 0 Å². The molecule has 0 bridgehead atoms. The maximum atomic E-state index is 13.0. The Morgan fingerprint density at radius 3 is 2.20 bits per heavy atom. The number of carbonyl (C=O) groups is 2. The molecule has 2 heterocycles. The molecule has 1 aliphatic rings. The molecule has 0 spiro atoms. The van der Waals surface area contributed by atoms with E-state index in [9.17, 15) is 31.2 Å². The highest BCUT2D eigenvalue weighted by molar-refractivity contribution is 7.92. The fourth-order valence-electron chi connectivity index (χ4n) is 3.09. The van der Waals surface area contributed by atoms with Crippen molar-refractivity contribution in [3.63, 3.8) is 0 Å². The summed E-state index contributed by atoms with van der Waals surface area (Å²) in [5, 5.41) is 0. The molecule has 1 aromatic carbocycles. The summed E-state index contributed by atoms with van der Waals surface area (Å²) in [5.41, 5.74) is -5.08. The van der Waals surface area contributed by atoms with Gasteiger partial charge >= 0.3 is 11.5 Å². The predicted octanol–water partition coefficient (Wildman–Crippen LogP) is 3.43. The lowest BCUT2D eigenvalue weighted by Gasteiger charge is -2.28. The van der Waals surface area contributed by atoms with Crippen LogP contribution in [0.2, 0.25) is 0 Å². The fourth-order valence-corrected chi connectivity index (χ4v) is 3.85. The van der Waals surface area contributed by atoms with Crippen LogP contribution in [0.15, 0.2) is 47.6 Å². The zero-order valence-electron chi connectivity index (χ0n) is 16.3. The summed E-state index contributed by atoms with van der Waals surface area (Å²) in [6.07, 6.45) is 3.19. The molecule has 1 aromatic heterocycles. The average molecular weight is 441 g/mol. The van der Waals surface area contributed by atoms with E-state index in [0.29, 0.717) is 0 Å². The minimum atomic E-state index is -5.53. The molecular formula is C19H18F3N3O4S. The summed E-state index contributed by atoms with van der Waals surface area (Å²) in [6.45, 7) is 5.07. The van der Waals surface area contributed by atoms with Crippen LogP contribution in [0.5, 0.6) is 0 Å². The molecule has 0 saturated carbocycles. The zero-order valence-corrected chi connectivity index (χ0v) is 17.1. The Balaban J connectivity index is 1.95. The van der Waals surface area contributed by atoms with Crippen molar-refractivity contribution >= 4 is 27.5 Å². The van der Waals surface area contributed by atoms with E-state index in [0.717, 1.165) is 40.3 Å². The molecule has 11 heteroatoms. The minimum absolute atomic E-state index is 0.0202. The Bertz CT molecular complexity index is 1110. The molecule has 0 aliphatic carbocycles. The monoisotopic (exact) mass is 441 g/mol. The maximum Gasteiger partial charge on any atom is 0.501 e. The van der Waals surface area contributed by atoms with Crippen molar-refractivity contribution in [3.8, 4) is 0 Å². The fraction of sp³-hybridized carbons (Fsp3) is 0.316. The lowest BCUT2D eigenvalue weighted by Crippen LogP contribution is -2.43. The number of alkyl halides is 3. The lowest BCUT2D eigenvalue weighted by atomic mass is 10.0. The van der Waals surface area contributed by atoms with E-state index in [1.807, 2.05) is 6.92 Å². The van der Waals surface area contributed by atoms with Gasteiger partial charge in [-0.1, -0.05) is 0 Å². The third-order valence-electron chi connectivity index (χ3n) is 5.00. The average Bonchev–Trinajstić information content (AvgIpc) is 2.82. The van der Waals surface area contributed by atoms with Crippen molar-refractivity contribution in [2.24, 2.45) is 0 Å². The number of carbonyl (C=O) groups excluding carboxylic acids is 2. The Hall–Kier alpha value is -2.95. The minimum Gasteiger partial charge on any atom is -0.305 e. The van der Waals surface area contributed by atoms with Crippen LogP contribution in [0.3, 0.4) is 0 Å². The molecule has 7 nitrogen and oxygen atoms in total. The number of benzene rings is 1. The van der Waals surface area contributed by atoms with Crippen LogP contribution in [0.25, 0.3) is 0 Å². The van der Waals surface area contributed by atoms with E-state index in [1.54, 1.807) is 32.3 Å². The summed E-state index contributed by atoms with van der Waals surface area (Å²) >= 11 is 0. The molecule has 0 atom stereocenters. The number of amides is 3. The Morgan fingerprint density at radius 1 is 1.07 bits per heavy atom. The van der Waals surface area contributed by atoms with Crippen LogP contribution in [0, 0.1) is 6.92 Å². The largest absolute Gasteiger partial charge is 0.501 e. The molecule has 3 rings (SSSR count). The molecule has 3 amide bonds. The van der Waals surface area contributed by atoms with Crippen LogP contribution in [0.4, 0.5) is 23.7 Å². The van der Waals surface area contributed by atoms with Crippen molar-refractivity contribution in [3.05, 3.63) is 53.9 Å². The van der Waals surface area contributed by atoms with Gasteiger partial charge in [-0.2, -0.15) is 13.2 Å². The molecule has 1 fully saturated rings. The topological polar surface area (TPSA) is 87.7 Å². The molecule has 1 aliphatic heterocycles.